The van der Waals surface area contributed by atoms with Crippen LogP contribution >= 0.6 is 15.9 Å². The number of anilines is 2. The number of nitrogens with zero attached hydrogens (tertiary/aromatic N) is 6. The third-order valence-electron chi connectivity index (χ3n) is 5.21. The monoisotopic (exact) mass is 441 g/mol. The lowest BCUT2D eigenvalue weighted by Gasteiger charge is -2.39. The molecule has 1 aliphatic rings. The van der Waals surface area contributed by atoms with Crippen LogP contribution in [-0.4, -0.2) is 57.6 Å². The van der Waals surface area contributed by atoms with Gasteiger partial charge in [-0.3, -0.25) is 4.90 Å². The molecular weight excluding hydrogens is 418 g/mol. The van der Waals surface area contributed by atoms with E-state index in [2.05, 4.69) is 87.9 Å². The summed E-state index contributed by atoms with van der Waals surface area (Å²) in [5, 5.41) is 3.10. The van der Waals surface area contributed by atoms with Crippen molar-refractivity contribution in [2.75, 3.05) is 43.4 Å². The molecule has 2 aromatic heterocycles. The Morgan fingerprint density at radius 3 is 2.43 bits per heavy atom. The highest BCUT2D eigenvalue weighted by Crippen LogP contribution is 2.32. The molecule has 1 unspecified atom stereocenters. The Morgan fingerprint density at radius 1 is 1.04 bits per heavy atom. The van der Waals surface area contributed by atoms with Gasteiger partial charge in [-0.1, -0.05) is 30.3 Å². The molecule has 0 bridgehead atoms. The van der Waals surface area contributed by atoms with Gasteiger partial charge >= 0.3 is 0 Å². The minimum atomic E-state index is 0.144. The molecule has 1 aromatic carbocycles. The van der Waals surface area contributed by atoms with E-state index in [1.807, 2.05) is 19.4 Å². The highest BCUT2D eigenvalue weighted by molar-refractivity contribution is 9.10. The average molecular weight is 442 g/mol. The van der Waals surface area contributed by atoms with Gasteiger partial charge in [-0.25, -0.2) is 15.0 Å². The highest BCUT2D eigenvalue weighted by atomic mass is 79.9. The molecule has 0 saturated carbocycles. The smallest absolute Gasteiger partial charge is 0.148 e. The van der Waals surface area contributed by atoms with Crippen molar-refractivity contribution in [1.82, 2.24) is 24.4 Å². The zero-order chi connectivity index (χ0) is 19.5. The molecule has 0 spiro atoms. The number of nitrogens with one attached hydrogen (secondary N) is 1. The lowest BCUT2D eigenvalue weighted by molar-refractivity contribution is 0.203. The standard InChI is InChI=1S/C20H24BrN7/c1-22-18-16(21)19(25-14-24-18)28-12-10-27(11-13-28)17(15-6-4-3-5-7-15)20-23-8-9-26(20)2/h3-9,14,17H,10-13H2,1-2H3,(H,22,24,25). The van der Waals surface area contributed by atoms with Gasteiger partial charge in [0.15, 0.2) is 0 Å². The average Bonchev–Trinajstić information content (AvgIpc) is 3.15. The Morgan fingerprint density at radius 2 is 1.79 bits per heavy atom. The van der Waals surface area contributed by atoms with Crippen molar-refractivity contribution in [3.8, 4) is 0 Å². The van der Waals surface area contributed by atoms with Crippen molar-refractivity contribution >= 4 is 27.6 Å². The SMILES string of the molecule is CNc1ncnc(N2CCN(C(c3ccccc3)c3nccn3C)CC2)c1Br. The molecule has 3 heterocycles. The van der Waals surface area contributed by atoms with Gasteiger partial charge in [0.25, 0.3) is 0 Å². The molecule has 7 nitrogen and oxygen atoms in total. The molecule has 1 N–H and O–H groups in total. The Hall–Kier alpha value is -2.45. The minimum Gasteiger partial charge on any atom is -0.372 e. The van der Waals surface area contributed by atoms with Crippen molar-refractivity contribution in [3.05, 3.63) is 64.9 Å². The predicted octanol–water partition coefficient (Wildman–Crippen LogP) is 2.93. The number of aryl methyl sites for hydroxylation is 1. The first kappa shape index (κ1) is 18.9. The third-order valence-corrected chi connectivity index (χ3v) is 5.94. The molecule has 1 fully saturated rings. The summed E-state index contributed by atoms with van der Waals surface area (Å²) in [5.74, 6) is 2.81. The van der Waals surface area contributed by atoms with E-state index in [1.54, 1.807) is 6.33 Å². The maximum Gasteiger partial charge on any atom is 0.148 e. The normalized spacial score (nSPS) is 16.2. The second-order valence-electron chi connectivity index (χ2n) is 6.84. The van der Waals surface area contributed by atoms with Gasteiger partial charge in [-0.2, -0.15) is 0 Å². The first-order valence-corrected chi connectivity index (χ1v) is 10.2. The fraction of sp³-hybridized carbons (Fsp3) is 0.350. The van der Waals surface area contributed by atoms with Crippen molar-refractivity contribution in [2.24, 2.45) is 7.05 Å². The lowest BCUT2D eigenvalue weighted by atomic mass is 10.0. The molecule has 1 saturated heterocycles. The Bertz CT molecular complexity index is 919. The van der Waals surface area contributed by atoms with E-state index in [0.717, 1.165) is 48.1 Å². The summed E-state index contributed by atoms with van der Waals surface area (Å²) in [6.45, 7) is 3.65. The summed E-state index contributed by atoms with van der Waals surface area (Å²) in [6, 6.07) is 10.8. The molecule has 146 valence electrons. The van der Waals surface area contributed by atoms with Gasteiger partial charge in [-0.05, 0) is 21.5 Å². The number of benzene rings is 1. The second-order valence-corrected chi connectivity index (χ2v) is 7.64. The number of hydrogen-bond donors (Lipinski definition) is 1. The quantitative estimate of drug-likeness (QED) is 0.656. The maximum atomic E-state index is 4.65. The third kappa shape index (κ3) is 3.62. The Labute approximate surface area is 173 Å². The van der Waals surface area contributed by atoms with Gasteiger partial charge in [0.2, 0.25) is 0 Å². The molecule has 0 radical (unpaired) electrons. The van der Waals surface area contributed by atoms with E-state index in [-0.39, 0.29) is 6.04 Å². The van der Waals surface area contributed by atoms with Crippen LogP contribution in [0.5, 0.6) is 0 Å². The molecule has 4 rings (SSSR count). The number of hydrogen-bond acceptors (Lipinski definition) is 6. The molecule has 1 atom stereocenters. The van der Waals surface area contributed by atoms with Crippen LogP contribution in [-0.2, 0) is 7.05 Å². The number of piperazine rings is 1. The van der Waals surface area contributed by atoms with Crippen LogP contribution in [0.25, 0.3) is 0 Å². The van der Waals surface area contributed by atoms with E-state index < -0.39 is 0 Å². The topological polar surface area (TPSA) is 62.1 Å². The van der Waals surface area contributed by atoms with Crippen LogP contribution in [0.4, 0.5) is 11.6 Å². The zero-order valence-corrected chi connectivity index (χ0v) is 17.7. The summed E-state index contributed by atoms with van der Waals surface area (Å²) in [4.78, 5) is 18.2. The second kappa shape index (κ2) is 8.28. The maximum absolute atomic E-state index is 4.65. The first-order valence-electron chi connectivity index (χ1n) is 9.38. The van der Waals surface area contributed by atoms with Crippen LogP contribution in [0.1, 0.15) is 17.4 Å². The van der Waals surface area contributed by atoms with Crippen LogP contribution in [0.2, 0.25) is 0 Å². The number of halogens is 1. The van der Waals surface area contributed by atoms with Crippen molar-refractivity contribution in [3.63, 3.8) is 0 Å². The zero-order valence-electron chi connectivity index (χ0n) is 16.1. The summed E-state index contributed by atoms with van der Waals surface area (Å²) in [5.41, 5.74) is 1.27. The van der Waals surface area contributed by atoms with E-state index in [0.29, 0.717) is 0 Å². The lowest BCUT2D eigenvalue weighted by Crippen LogP contribution is -2.48. The van der Waals surface area contributed by atoms with E-state index in [9.17, 15) is 0 Å². The van der Waals surface area contributed by atoms with Crippen LogP contribution in [0, 0.1) is 0 Å². The van der Waals surface area contributed by atoms with Gasteiger partial charge in [0.1, 0.15) is 28.3 Å². The molecule has 8 heteroatoms. The summed E-state index contributed by atoms with van der Waals surface area (Å²) in [7, 11) is 3.93. The van der Waals surface area contributed by atoms with Gasteiger partial charge in [-0.15, -0.1) is 0 Å². The Kier molecular flexibility index (Phi) is 5.59. The number of aromatic nitrogens is 4. The largest absolute Gasteiger partial charge is 0.372 e. The molecule has 28 heavy (non-hydrogen) atoms. The predicted molar refractivity (Wildman–Crippen MR) is 115 cm³/mol. The molecule has 1 aliphatic heterocycles. The first-order chi connectivity index (χ1) is 13.7. The van der Waals surface area contributed by atoms with Crippen LogP contribution in [0.3, 0.4) is 0 Å². The molecule has 0 amide bonds. The molecular formula is C20H24BrN7. The fourth-order valence-electron chi connectivity index (χ4n) is 3.75. The van der Waals surface area contributed by atoms with Gasteiger partial charge in [0.05, 0.1) is 6.04 Å². The Balaban J connectivity index is 1.56. The highest BCUT2D eigenvalue weighted by Gasteiger charge is 2.30. The molecule has 0 aliphatic carbocycles. The van der Waals surface area contributed by atoms with E-state index in [1.165, 1.54) is 5.56 Å². The summed E-state index contributed by atoms with van der Waals surface area (Å²) < 4.78 is 3.03. The van der Waals surface area contributed by atoms with Crippen molar-refractivity contribution < 1.29 is 0 Å². The van der Waals surface area contributed by atoms with Crippen LogP contribution in [0.15, 0.2) is 53.5 Å². The van der Waals surface area contributed by atoms with E-state index >= 15 is 0 Å². The number of imidazole rings is 1. The van der Waals surface area contributed by atoms with E-state index in [4.69, 9.17) is 0 Å². The van der Waals surface area contributed by atoms with Gasteiger partial charge < -0.3 is 14.8 Å². The van der Waals surface area contributed by atoms with Crippen molar-refractivity contribution in [2.45, 2.75) is 6.04 Å². The minimum absolute atomic E-state index is 0.144. The van der Waals surface area contributed by atoms with Crippen molar-refractivity contribution in [1.29, 1.82) is 0 Å². The fourth-order valence-corrected chi connectivity index (χ4v) is 4.40. The number of rotatable bonds is 5. The van der Waals surface area contributed by atoms with Gasteiger partial charge in [0, 0.05) is 52.7 Å². The summed E-state index contributed by atoms with van der Waals surface area (Å²) >= 11 is 3.64. The van der Waals surface area contributed by atoms with Crippen LogP contribution < -0.4 is 10.2 Å². The molecule has 3 aromatic rings. The summed E-state index contributed by atoms with van der Waals surface area (Å²) in [6.07, 6.45) is 5.50.